The highest BCUT2D eigenvalue weighted by molar-refractivity contribution is 7.20. The van der Waals surface area contributed by atoms with Crippen LogP contribution in [0, 0.1) is 11.3 Å². The van der Waals surface area contributed by atoms with Crippen molar-refractivity contribution < 1.29 is 14.7 Å². The Morgan fingerprint density at radius 3 is 2.82 bits per heavy atom. The second kappa shape index (κ2) is 6.89. The van der Waals surface area contributed by atoms with E-state index < -0.39 is 5.97 Å². The van der Waals surface area contributed by atoms with Crippen LogP contribution >= 0.6 is 22.9 Å². The van der Waals surface area contributed by atoms with E-state index in [1.165, 1.54) is 11.3 Å². The van der Waals surface area contributed by atoms with Crippen molar-refractivity contribution in [3.8, 4) is 0 Å². The smallest absolute Gasteiger partial charge is 0.349 e. The molecule has 2 aromatic rings. The van der Waals surface area contributed by atoms with Gasteiger partial charge in [-0.2, -0.15) is 0 Å². The van der Waals surface area contributed by atoms with E-state index in [9.17, 15) is 9.59 Å². The number of hydrogen-bond donors (Lipinski definition) is 3. The van der Waals surface area contributed by atoms with Crippen molar-refractivity contribution in [2.24, 2.45) is 5.92 Å². The predicted molar refractivity (Wildman–Crippen MR) is 88.3 cm³/mol. The minimum atomic E-state index is -1.22. The predicted octanol–water partition coefficient (Wildman–Crippen LogP) is 3.42. The summed E-state index contributed by atoms with van der Waals surface area (Å²) in [6.45, 7) is 2.12. The van der Waals surface area contributed by atoms with E-state index in [2.05, 4.69) is 5.32 Å². The number of aliphatic carboxylic acids is 1. The highest BCUT2D eigenvalue weighted by Gasteiger charge is 2.15. The number of halogens is 1. The van der Waals surface area contributed by atoms with Gasteiger partial charge in [0.25, 0.3) is 5.91 Å². The Morgan fingerprint density at radius 2 is 2.14 bits per heavy atom. The van der Waals surface area contributed by atoms with Crippen LogP contribution in [0.25, 0.3) is 10.1 Å². The number of rotatable bonds is 6. The van der Waals surface area contributed by atoms with Gasteiger partial charge in [0.05, 0.1) is 4.88 Å². The molecule has 0 radical (unpaired) electrons. The first-order valence-electron chi connectivity index (χ1n) is 6.65. The molecule has 7 heteroatoms. The number of benzene rings is 1. The molecule has 1 amide bonds. The first-order chi connectivity index (χ1) is 10.4. The van der Waals surface area contributed by atoms with E-state index in [0.29, 0.717) is 16.4 Å². The van der Waals surface area contributed by atoms with Gasteiger partial charge in [-0.1, -0.05) is 18.5 Å². The molecule has 1 atom stereocenters. The maximum Gasteiger partial charge on any atom is 0.349 e. The molecule has 0 unspecified atom stereocenters. The van der Waals surface area contributed by atoms with E-state index in [0.717, 1.165) is 10.1 Å². The molecule has 2 rings (SSSR count). The summed E-state index contributed by atoms with van der Waals surface area (Å²) in [5.41, 5.74) is -0.349. The molecule has 22 heavy (non-hydrogen) atoms. The molecule has 0 aliphatic carbocycles. The summed E-state index contributed by atoms with van der Waals surface area (Å²) in [7, 11) is 0. The van der Waals surface area contributed by atoms with Crippen LogP contribution in [0.5, 0.6) is 0 Å². The minimum absolute atomic E-state index is 0.114. The number of carbonyl (C=O) groups is 2. The monoisotopic (exact) mass is 338 g/mol. The second-order valence-corrected chi connectivity index (χ2v) is 6.62. The summed E-state index contributed by atoms with van der Waals surface area (Å²) in [5, 5.41) is 20.3. The number of hydrogen-bond acceptors (Lipinski definition) is 4. The molecular weight excluding hydrogens is 324 g/mol. The Kier molecular flexibility index (Phi) is 5.15. The summed E-state index contributed by atoms with van der Waals surface area (Å²) >= 11 is 7.30. The van der Waals surface area contributed by atoms with E-state index >= 15 is 0 Å². The van der Waals surface area contributed by atoms with Crippen molar-refractivity contribution in [3.05, 3.63) is 34.2 Å². The minimum Gasteiger partial charge on any atom is -0.477 e. The maximum atomic E-state index is 12.1. The molecule has 5 nitrogen and oxygen atoms in total. The third-order valence-electron chi connectivity index (χ3n) is 3.12. The van der Waals surface area contributed by atoms with Crippen LogP contribution in [0.2, 0.25) is 5.02 Å². The van der Waals surface area contributed by atoms with Gasteiger partial charge in [-0.05, 0) is 35.6 Å². The highest BCUT2D eigenvalue weighted by atomic mass is 35.5. The molecule has 1 aromatic heterocycles. The molecule has 116 valence electrons. The summed E-state index contributed by atoms with van der Waals surface area (Å²) in [6.07, 6.45) is 0.123. The quantitative estimate of drug-likeness (QED) is 0.705. The van der Waals surface area contributed by atoms with Gasteiger partial charge in [0.1, 0.15) is 5.71 Å². The Bertz CT molecular complexity index is 741. The normalized spacial score (nSPS) is 12.1. The van der Waals surface area contributed by atoms with Gasteiger partial charge >= 0.3 is 5.97 Å². The van der Waals surface area contributed by atoms with Gasteiger partial charge in [0.2, 0.25) is 0 Å². The van der Waals surface area contributed by atoms with Gasteiger partial charge in [-0.25, -0.2) is 4.79 Å². The largest absolute Gasteiger partial charge is 0.477 e. The van der Waals surface area contributed by atoms with Gasteiger partial charge in [0, 0.05) is 22.7 Å². The van der Waals surface area contributed by atoms with Gasteiger partial charge < -0.3 is 10.4 Å². The van der Waals surface area contributed by atoms with Crippen LogP contribution in [0.3, 0.4) is 0 Å². The van der Waals surface area contributed by atoms with Crippen molar-refractivity contribution >= 4 is 50.6 Å². The number of carboxylic acid groups (broad SMARTS) is 1. The lowest BCUT2D eigenvalue weighted by Crippen LogP contribution is -2.29. The number of thiophene rings is 1. The van der Waals surface area contributed by atoms with Crippen LogP contribution in [0.4, 0.5) is 0 Å². The number of fused-ring (bicyclic) bond motifs is 1. The van der Waals surface area contributed by atoms with Gasteiger partial charge in [-0.3, -0.25) is 10.2 Å². The number of amides is 1. The van der Waals surface area contributed by atoms with Crippen LogP contribution in [0.1, 0.15) is 23.0 Å². The summed E-state index contributed by atoms with van der Waals surface area (Å²) in [6, 6.07) is 7.24. The molecule has 3 N–H and O–H groups in total. The molecular formula is C15H15ClN2O3S. The van der Waals surface area contributed by atoms with E-state index in [-0.39, 0.29) is 24.0 Å². The summed E-state index contributed by atoms with van der Waals surface area (Å²) in [5.74, 6) is -1.54. The average Bonchev–Trinajstić information content (AvgIpc) is 2.87. The van der Waals surface area contributed by atoms with E-state index in [1.54, 1.807) is 25.1 Å². The molecule has 0 spiro atoms. The van der Waals surface area contributed by atoms with Gasteiger partial charge in [0.15, 0.2) is 0 Å². The second-order valence-electron chi connectivity index (χ2n) is 5.10. The number of nitrogens with one attached hydrogen (secondary N) is 2. The summed E-state index contributed by atoms with van der Waals surface area (Å²) in [4.78, 5) is 23.3. The Morgan fingerprint density at radius 1 is 1.41 bits per heavy atom. The summed E-state index contributed by atoms with van der Waals surface area (Å²) < 4.78 is 0.982. The standard InChI is InChI=1S/C15H15ClN2O3S/c1-8(4-11(17)15(20)21)7-18-14(19)13-6-9-5-10(16)2-3-12(9)22-13/h2-3,5-6,8,17H,4,7H2,1H3,(H,18,19)(H,20,21)/t8-/m1/s1. The number of carbonyl (C=O) groups excluding carboxylic acids is 1. The third-order valence-corrected chi connectivity index (χ3v) is 4.47. The molecule has 1 aromatic carbocycles. The molecule has 1 heterocycles. The lowest BCUT2D eigenvalue weighted by atomic mass is 10.0. The zero-order valence-electron chi connectivity index (χ0n) is 11.9. The first-order valence-corrected chi connectivity index (χ1v) is 7.84. The van der Waals surface area contributed by atoms with Crippen molar-refractivity contribution in [3.63, 3.8) is 0 Å². The average molecular weight is 339 g/mol. The van der Waals surface area contributed by atoms with Crippen molar-refractivity contribution in [2.45, 2.75) is 13.3 Å². The van der Waals surface area contributed by atoms with E-state index in [4.69, 9.17) is 22.1 Å². The maximum absolute atomic E-state index is 12.1. The zero-order valence-corrected chi connectivity index (χ0v) is 13.4. The van der Waals surface area contributed by atoms with Crippen LogP contribution in [0.15, 0.2) is 24.3 Å². The fourth-order valence-electron chi connectivity index (χ4n) is 1.99. The Hall–Kier alpha value is -1.92. The first kappa shape index (κ1) is 16.5. The molecule has 0 saturated carbocycles. The van der Waals surface area contributed by atoms with E-state index in [1.807, 2.05) is 6.07 Å². The molecule has 0 saturated heterocycles. The zero-order chi connectivity index (χ0) is 16.3. The molecule has 0 fully saturated rings. The van der Waals surface area contributed by atoms with Crippen LogP contribution < -0.4 is 5.32 Å². The van der Waals surface area contributed by atoms with Crippen LogP contribution in [-0.2, 0) is 4.79 Å². The molecule has 0 bridgehead atoms. The molecule has 0 aliphatic heterocycles. The van der Waals surface area contributed by atoms with Crippen LogP contribution in [-0.4, -0.2) is 29.2 Å². The lowest BCUT2D eigenvalue weighted by Gasteiger charge is -2.11. The lowest BCUT2D eigenvalue weighted by molar-refractivity contribution is -0.129. The Balaban J connectivity index is 1.96. The van der Waals surface area contributed by atoms with Crippen molar-refractivity contribution in [2.75, 3.05) is 6.54 Å². The fraction of sp³-hybridized carbons (Fsp3) is 0.267. The topological polar surface area (TPSA) is 90.3 Å². The van der Waals surface area contributed by atoms with Gasteiger partial charge in [-0.15, -0.1) is 11.3 Å². The third kappa shape index (κ3) is 4.05. The Labute approximate surface area is 136 Å². The number of carboxylic acids is 1. The highest BCUT2D eigenvalue weighted by Crippen LogP contribution is 2.28. The molecule has 0 aliphatic rings. The van der Waals surface area contributed by atoms with Crippen molar-refractivity contribution in [1.82, 2.24) is 5.32 Å². The fourth-order valence-corrected chi connectivity index (χ4v) is 3.13. The van der Waals surface area contributed by atoms with Crippen molar-refractivity contribution in [1.29, 1.82) is 5.41 Å². The SMILES string of the molecule is C[C@@H](CNC(=O)c1cc2cc(Cl)ccc2s1)CC(=N)C(=O)O.